The Morgan fingerprint density at radius 1 is 1.38 bits per heavy atom. The number of fused-ring (bicyclic) bond motifs is 1. The van der Waals surface area contributed by atoms with Crippen molar-refractivity contribution in [3.63, 3.8) is 0 Å². The van der Waals surface area contributed by atoms with Crippen LogP contribution < -0.4 is 10.6 Å². The van der Waals surface area contributed by atoms with Crippen LogP contribution in [-0.4, -0.2) is 28.9 Å². The molecular formula is C18H21BrIN5S. The number of guanidine groups is 1. The zero-order valence-electron chi connectivity index (χ0n) is 14.4. The molecule has 3 aromatic rings. The summed E-state index contributed by atoms with van der Waals surface area (Å²) in [6.07, 6.45) is 6.50. The van der Waals surface area contributed by atoms with E-state index in [0.29, 0.717) is 6.54 Å². The molecule has 5 nitrogen and oxygen atoms in total. The fraction of sp³-hybridized carbons (Fsp3) is 0.333. The Hall–Kier alpha value is -1.13. The highest BCUT2D eigenvalue weighted by Gasteiger charge is 2.44. The average Bonchev–Trinajstić information content (AvgIpc) is 3.11. The van der Waals surface area contributed by atoms with E-state index < -0.39 is 0 Å². The molecule has 1 aliphatic carbocycles. The van der Waals surface area contributed by atoms with Crippen LogP contribution in [0.2, 0.25) is 0 Å². The molecule has 1 aromatic carbocycles. The lowest BCUT2D eigenvalue weighted by molar-refractivity contribution is 0.644. The van der Waals surface area contributed by atoms with Gasteiger partial charge in [0.15, 0.2) is 10.9 Å². The van der Waals surface area contributed by atoms with Crippen molar-refractivity contribution in [3.8, 4) is 0 Å². The van der Waals surface area contributed by atoms with E-state index in [1.807, 2.05) is 16.0 Å². The summed E-state index contributed by atoms with van der Waals surface area (Å²) in [4.78, 5) is 9.95. The lowest BCUT2D eigenvalue weighted by atomic mass is 9.96. The van der Waals surface area contributed by atoms with E-state index in [1.165, 1.54) is 18.4 Å². The SMILES string of the molecule is CN=C(NCc1cn2ccsc2n1)NCC1(c2cccc(Br)c2)CC1.I. The van der Waals surface area contributed by atoms with Gasteiger partial charge < -0.3 is 10.6 Å². The molecule has 138 valence electrons. The van der Waals surface area contributed by atoms with Crippen LogP contribution in [0.1, 0.15) is 24.1 Å². The van der Waals surface area contributed by atoms with E-state index in [0.717, 1.165) is 27.6 Å². The lowest BCUT2D eigenvalue weighted by Crippen LogP contribution is -2.40. The summed E-state index contributed by atoms with van der Waals surface area (Å²) in [5.74, 6) is 0.817. The molecule has 1 saturated carbocycles. The van der Waals surface area contributed by atoms with Crippen LogP contribution in [0.3, 0.4) is 0 Å². The molecule has 0 radical (unpaired) electrons. The second-order valence-corrected chi connectivity index (χ2v) is 8.18. The van der Waals surface area contributed by atoms with Crippen molar-refractivity contribution in [2.24, 2.45) is 4.99 Å². The van der Waals surface area contributed by atoms with Gasteiger partial charge in [-0.2, -0.15) is 0 Å². The number of hydrogen-bond donors (Lipinski definition) is 2. The highest BCUT2D eigenvalue weighted by Crippen LogP contribution is 2.48. The maximum absolute atomic E-state index is 4.59. The summed E-state index contributed by atoms with van der Waals surface area (Å²) in [7, 11) is 1.81. The number of halogens is 2. The van der Waals surface area contributed by atoms with Crippen LogP contribution in [-0.2, 0) is 12.0 Å². The predicted molar refractivity (Wildman–Crippen MR) is 122 cm³/mol. The van der Waals surface area contributed by atoms with Crippen LogP contribution >= 0.6 is 51.2 Å². The Morgan fingerprint density at radius 3 is 2.92 bits per heavy atom. The number of rotatable bonds is 5. The van der Waals surface area contributed by atoms with Crippen LogP contribution in [0.5, 0.6) is 0 Å². The number of hydrogen-bond acceptors (Lipinski definition) is 3. The van der Waals surface area contributed by atoms with Gasteiger partial charge in [-0.25, -0.2) is 4.98 Å². The maximum Gasteiger partial charge on any atom is 0.193 e. The summed E-state index contributed by atoms with van der Waals surface area (Å²) < 4.78 is 3.18. The van der Waals surface area contributed by atoms with Crippen LogP contribution in [0.25, 0.3) is 4.96 Å². The van der Waals surface area contributed by atoms with Gasteiger partial charge in [-0.1, -0.05) is 28.1 Å². The first-order chi connectivity index (χ1) is 12.2. The Bertz CT molecular complexity index is 887. The third-order valence-electron chi connectivity index (χ3n) is 4.69. The molecule has 0 spiro atoms. The standard InChI is InChI=1S/C18H20BrN5S.HI/c1-20-16(21-10-15-11-24-7-8-25-17(24)23-15)22-12-18(5-6-18)13-3-2-4-14(19)9-13;/h2-4,7-9,11H,5-6,10,12H2,1H3,(H2,20,21,22);1H. The summed E-state index contributed by atoms with van der Waals surface area (Å²) in [6.45, 7) is 1.55. The van der Waals surface area contributed by atoms with Gasteiger partial charge in [-0.3, -0.25) is 9.39 Å². The second-order valence-electron chi connectivity index (χ2n) is 6.40. The van der Waals surface area contributed by atoms with Crippen molar-refractivity contribution >= 4 is 62.2 Å². The van der Waals surface area contributed by atoms with Crippen molar-refractivity contribution in [1.82, 2.24) is 20.0 Å². The fourth-order valence-electron chi connectivity index (χ4n) is 3.05. The quantitative estimate of drug-likeness (QED) is 0.287. The Kier molecular flexibility index (Phi) is 6.24. The first-order valence-electron chi connectivity index (χ1n) is 8.30. The minimum absolute atomic E-state index is 0. The predicted octanol–water partition coefficient (Wildman–Crippen LogP) is 4.17. The summed E-state index contributed by atoms with van der Waals surface area (Å²) >= 11 is 5.22. The normalized spacial score (nSPS) is 15.5. The van der Waals surface area contributed by atoms with Gasteiger partial charge in [0.1, 0.15) is 0 Å². The number of nitrogens with zero attached hydrogens (tertiary/aromatic N) is 3. The number of nitrogens with one attached hydrogen (secondary N) is 2. The molecule has 0 atom stereocenters. The van der Waals surface area contributed by atoms with Crippen molar-refractivity contribution in [2.45, 2.75) is 24.8 Å². The smallest absolute Gasteiger partial charge is 0.193 e. The van der Waals surface area contributed by atoms with Gasteiger partial charge in [0, 0.05) is 41.3 Å². The highest BCUT2D eigenvalue weighted by molar-refractivity contribution is 14.0. The Labute approximate surface area is 182 Å². The zero-order valence-corrected chi connectivity index (χ0v) is 19.1. The van der Waals surface area contributed by atoms with Gasteiger partial charge in [0.05, 0.1) is 12.2 Å². The van der Waals surface area contributed by atoms with Crippen molar-refractivity contribution in [2.75, 3.05) is 13.6 Å². The van der Waals surface area contributed by atoms with Crippen LogP contribution in [0.4, 0.5) is 0 Å². The molecule has 2 heterocycles. The highest BCUT2D eigenvalue weighted by atomic mass is 127. The minimum atomic E-state index is 0. The van der Waals surface area contributed by atoms with Crippen LogP contribution in [0, 0.1) is 0 Å². The summed E-state index contributed by atoms with van der Waals surface area (Å²) in [5.41, 5.74) is 2.64. The average molecular weight is 546 g/mol. The number of thiazole rings is 1. The summed E-state index contributed by atoms with van der Waals surface area (Å²) in [6, 6.07) is 8.62. The van der Waals surface area contributed by atoms with Crippen molar-refractivity contribution in [1.29, 1.82) is 0 Å². The van der Waals surface area contributed by atoms with Gasteiger partial charge in [0.2, 0.25) is 0 Å². The van der Waals surface area contributed by atoms with Gasteiger partial charge in [0.25, 0.3) is 0 Å². The van der Waals surface area contributed by atoms with Gasteiger partial charge >= 0.3 is 0 Å². The third-order valence-corrected chi connectivity index (χ3v) is 5.95. The maximum atomic E-state index is 4.59. The third kappa shape index (κ3) is 4.23. The first-order valence-corrected chi connectivity index (χ1v) is 9.97. The number of aliphatic imine (C=N–C) groups is 1. The van der Waals surface area contributed by atoms with E-state index >= 15 is 0 Å². The first kappa shape index (κ1) is 19.6. The Balaban J connectivity index is 0.00000196. The number of imidazole rings is 1. The van der Waals surface area contributed by atoms with Gasteiger partial charge in [-0.15, -0.1) is 35.3 Å². The largest absolute Gasteiger partial charge is 0.356 e. The molecule has 2 N–H and O–H groups in total. The molecular weight excluding hydrogens is 525 g/mol. The van der Waals surface area contributed by atoms with E-state index in [9.17, 15) is 0 Å². The van der Waals surface area contributed by atoms with Crippen molar-refractivity contribution < 1.29 is 0 Å². The van der Waals surface area contributed by atoms with Crippen LogP contribution in [0.15, 0.2) is 51.5 Å². The molecule has 2 aromatic heterocycles. The monoisotopic (exact) mass is 545 g/mol. The number of aromatic nitrogens is 2. The van der Waals surface area contributed by atoms with E-state index in [2.05, 4.69) is 67.0 Å². The second kappa shape index (κ2) is 8.26. The summed E-state index contributed by atoms with van der Waals surface area (Å²) in [5, 5.41) is 8.88. The molecule has 0 amide bonds. The Morgan fingerprint density at radius 2 is 2.23 bits per heavy atom. The topological polar surface area (TPSA) is 53.7 Å². The molecule has 0 bridgehead atoms. The van der Waals surface area contributed by atoms with Gasteiger partial charge in [-0.05, 0) is 30.5 Å². The molecule has 4 rings (SSSR count). The molecule has 26 heavy (non-hydrogen) atoms. The van der Waals surface area contributed by atoms with E-state index in [1.54, 1.807) is 18.4 Å². The zero-order chi connectivity index (χ0) is 17.3. The molecule has 1 aliphatic rings. The molecule has 0 unspecified atom stereocenters. The lowest BCUT2D eigenvalue weighted by Gasteiger charge is -2.19. The minimum Gasteiger partial charge on any atom is -0.356 e. The molecule has 8 heteroatoms. The fourth-order valence-corrected chi connectivity index (χ4v) is 4.16. The van der Waals surface area contributed by atoms with Crippen molar-refractivity contribution in [3.05, 3.63) is 57.8 Å². The molecule has 1 fully saturated rings. The van der Waals surface area contributed by atoms with E-state index in [4.69, 9.17) is 0 Å². The molecule has 0 saturated heterocycles. The molecule has 0 aliphatic heterocycles. The number of benzene rings is 1. The van der Waals surface area contributed by atoms with E-state index in [-0.39, 0.29) is 29.4 Å².